The largest absolute Gasteiger partial charge is 0.417 e. The van der Waals surface area contributed by atoms with Crippen molar-refractivity contribution in [3.8, 4) is 11.5 Å². The van der Waals surface area contributed by atoms with Gasteiger partial charge >= 0.3 is 6.18 Å². The lowest BCUT2D eigenvalue weighted by Crippen LogP contribution is -2.41. The van der Waals surface area contributed by atoms with Gasteiger partial charge in [0.05, 0.1) is 18.3 Å². The molecule has 0 saturated carbocycles. The van der Waals surface area contributed by atoms with Crippen molar-refractivity contribution in [3.63, 3.8) is 0 Å². The van der Waals surface area contributed by atoms with Gasteiger partial charge in [0.2, 0.25) is 0 Å². The Hall–Kier alpha value is -2.71. The molecule has 0 aromatic carbocycles. The van der Waals surface area contributed by atoms with Crippen LogP contribution in [0, 0.1) is 5.92 Å². The summed E-state index contributed by atoms with van der Waals surface area (Å²) in [7, 11) is 0. The molecule has 0 N–H and O–H groups in total. The SMILES string of the molecule is C[C@@H]1CCN(c2ccnc(-c3cnc4ccc(C(F)(F)F)cn34)n2)C[C@H]1F. The number of fused-ring (bicyclic) bond motifs is 1. The highest BCUT2D eigenvalue weighted by molar-refractivity contribution is 5.59. The Bertz CT molecular complexity index is 968. The van der Waals surface area contributed by atoms with Crippen LogP contribution in [0.3, 0.4) is 0 Å². The molecule has 9 heteroatoms. The topological polar surface area (TPSA) is 46.3 Å². The summed E-state index contributed by atoms with van der Waals surface area (Å²) >= 11 is 0. The molecule has 4 rings (SSSR count). The number of imidazole rings is 1. The van der Waals surface area contributed by atoms with Crippen molar-refractivity contribution in [2.45, 2.75) is 25.7 Å². The number of halogens is 4. The van der Waals surface area contributed by atoms with E-state index in [-0.39, 0.29) is 18.3 Å². The number of aromatic nitrogens is 4. The molecule has 0 spiro atoms. The van der Waals surface area contributed by atoms with Crippen LogP contribution in [0.15, 0.2) is 36.8 Å². The van der Waals surface area contributed by atoms with E-state index in [1.54, 1.807) is 6.07 Å². The van der Waals surface area contributed by atoms with E-state index in [9.17, 15) is 17.6 Å². The second kappa shape index (κ2) is 6.47. The van der Waals surface area contributed by atoms with Crippen molar-refractivity contribution in [2.24, 2.45) is 5.92 Å². The van der Waals surface area contributed by atoms with Crippen molar-refractivity contribution in [1.29, 1.82) is 0 Å². The van der Waals surface area contributed by atoms with Crippen LogP contribution in [-0.2, 0) is 6.18 Å². The third-order valence-electron chi connectivity index (χ3n) is 4.89. The van der Waals surface area contributed by atoms with Gasteiger partial charge in [0.1, 0.15) is 23.3 Å². The summed E-state index contributed by atoms with van der Waals surface area (Å²) in [5.74, 6) is 0.798. The number of anilines is 1. The van der Waals surface area contributed by atoms with Crippen LogP contribution in [0.25, 0.3) is 17.2 Å². The predicted octanol–water partition coefficient (Wildman–Crippen LogP) is 3.99. The summed E-state index contributed by atoms with van der Waals surface area (Å²) in [6.45, 7) is 2.79. The number of piperidine rings is 1. The molecule has 1 aliphatic heterocycles. The van der Waals surface area contributed by atoms with E-state index in [0.29, 0.717) is 30.1 Å². The third-order valence-corrected chi connectivity index (χ3v) is 4.89. The fraction of sp³-hybridized carbons (Fsp3) is 0.389. The fourth-order valence-corrected chi connectivity index (χ4v) is 3.19. The lowest BCUT2D eigenvalue weighted by Gasteiger charge is -2.33. The van der Waals surface area contributed by atoms with Crippen LogP contribution >= 0.6 is 0 Å². The maximum atomic E-state index is 14.0. The summed E-state index contributed by atoms with van der Waals surface area (Å²) in [6, 6.07) is 3.96. The number of pyridine rings is 1. The van der Waals surface area contributed by atoms with E-state index in [1.165, 1.54) is 22.9 Å². The van der Waals surface area contributed by atoms with Crippen LogP contribution in [0.2, 0.25) is 0 Å². The molecule has 1 aliphatic rings. The molecule has 0 aliphatic carbocycles. The Morgan fingerprint density at radius 2 is 1.96 bits per heavy atom. The number of hydrogen-bond acceptors (Lipinski definition) is 4. The Kier molecular flexibility index (Phi) is 4.24. The number of rotatable bonds is 2. The minimum atomic E-state index is -4.46. The lowest BCUT2D eigenvalue weighted by atomic mass is 9.97. The van der Waals surface area contributed by atoms with Crippen LogP contribution in [0.4, 0.5) is 23.4 Å². The Morgan fingerprint density at radius 3 is 2.70 bits per heavy atom. The molecule has 0 bridgehead atoms. The zero-order valence-electron chi connectivity index (χ0n) is 14.5. The van der Waals surface area contributed by atoms with Gasteiger partial charge in [0, 0.05) is 18.9 Å². The first-order chi connectivity index (χ1) is 12.8. The van der Waals surface area contributed by atoms with E-state index in [2.05, 4.69) is 15.0 Å². The summed E-state index contributed by atoms with van der Waals surface area (Å²) < 4.78 is 54.4. The van der Waals surface area contributed by atoms with Gasteiger partial charge < -0.3 is 4.90 Å². The van der Waals surface area contributed by atoms with Gasteiger partial charge in [0.25, 0.3) is 0 Å². The average molecular weight is 379 g/mol. The molecule has 142 valence electrons. The molecule has 1 saturated heterocycles. The number of alkyl halides is 4. The van der Waals surface area contributed by atoms with Crippen molar-refractivity contribution >= 4 is 11.5 Å². The van der Waals surface area contributed by atoms with Crippen molar-refractivity contribution in [2.75, 3.05) is 18.0 Å². The fourth-order valence-electron chi connectivity index (χ4n) is 3.19. The molecule has 27 heavy (non-hydrogen) atoms. The van der Waals surface area contributed by atoms with E-state index in [0.717, 1.165) is 12.3 Å². The first-order valence-corrected chi connectivity index (χ1v) is 8.59. The quantitative estimate of drug-likeness (QED) is 0.632. The highest BCUT2D eigenvalue weighted by atomic mass is 19.4. The van der Waals surface area contributed by atoms with Gasteiger partial charge in [-0.25, -0.2) is 19.3 Å². The molecular weight excluding hydrogens is 362 g/mol. The second-order valence-electron chi connectivity index (χ2n) is 6.75. The zero-order chi connectivity index (χ0) is 19.2. The van der Waals surface area contributed by atoms with E-state index in [4.69, 9.17) is 0 Å². The Morgan fingerprint density at radius 1 is 1.15 bits per heavy atom. The standard InChI is InChI=1S/C18H17F4N5/c1-11-5-7-26(10-13(11)19)16-4-6-23-17(25-16)14-8-24-15-3-2-12(9-27(14)15)18(20,21)22/h2-4,6,8-9,11,13H,5,7,10H2,1H3/t11-,13-/m1/s1. The molecule has 0 unspecified atom stereocenters. The summed E-state index contributed by atoms with van der Waals surface area (Å²) in [6.07, 6.45) is -0.749. The van der Waals surface area contributed by atoms with E-state index < -0.39 is 17.9 Å². The molecule has 1 fully saturated rings. The first kappa shape index (κ1) is 17.7. The van der Waals surface area contributed by atoms with Crippen molar-refractivity contribution in [3.05, 3.63) is 42.4 Å². The lowest BCUT2D eigenvalue weighted by molar-refractivity contribution is -0.137. The van der Waals surface area contributed by atoms with Gasteiger partial charge in [-0.3, -0.25) is 4.40 Å². The summed E-state index contributed by atoms with van der Waals surface area (Å²) in [5, 5.41) is 0. The van der Waals surface area contributed by atoms with Crippen LogP contribution < -0.4 is 4.90 Å². The molecule has 5 nitrogen and oxygen atoms in total. The van der Waals surface area contributed by atoms with Crippen molar-refractivity contribution < 1.29 is 17.6 Å². The van der Waals surface area contributed by atoms with Gasteiger partial charge in [-0.1, -0.05) is 6.92 Å². The molecule has 4 heterocycles. The minimum absolute atomic E-state index is 0.00196. The molecule has 3 aromatic heterocycles. The first-order valence-electron chi connectivity index (χ1n) is 8.59. The van der Waals surface area contributed by atoms with Gasteiger partial charge in [0.15, 0.2) is 5.82 Å². The second-order valence-corrected chi connectivity index (χ2v) is 6.75. The van der Waals surface area contributed by atoms with Crippen LogP contribution in [-0.4, -0.2) is 38.6 Å². The molecule has 3 aromatic rings. The maximum Gasteiger partial charge on any atom is 0.417 e. The van der Waals surface area contributed by atoms with Crippen molar-refractivity contribution in [1.82, 2.24) is 19.4 Å². The monoisotopic (exact) mass is 379 g/mol. The van der Waals surface area contributed by atoms with Crippen LogP contribution in [0.5, 0.6) is 0 Å². The summed E-state index contributed by atoms with van der Waals surface area (Å²) in [4.78, 5) is 14.6. The zero-order valence-corrected chi connectivity index (χ0v) is 14.5. The van der Waals surface area contributed by atoms with E-state index in [1.807, 2.05) is 11.8 Å². The summed E-state index contributed by atoms with van der Waals surface area (Å²) in [5.41, 5.74) is -0.0709. The minimum Gasteiger partial charge on any atom is -0.354 e. The molecular formula is C18H17F4N5. The number of nitrogens with zero attached hydrogens (tertiary/aromatic N) is 5. The Balaban J connectivity index is 1.72. The van der Waals surface area contributed by atoms with E-state index >= 15 is 0 Å². The average Bonchev–Trinajstić information content (AvgIpc) is 3.06. The number of hydrogen-bond donors (Lipinski definition) is 0. The van der Waals surface area contributed by atoms with Gasteiger partial charge in [-0.15, -0.1) is 0 Å². The van der Waals surface area contributed by atoms with Gasteiger partial charge in [-0.2, -0.15) is 13.2 Å². The molecule has 0 amide bonds. The highest BCUT2D eigenvalue weighted by Gasteiger charge is 2.31. The molecule has 0 radical (unpaired) electrons. The normalized spacial score (nSPS) is 21.0. The molecule has 2 atom stereocenters. The third kappa shape index (κ3) is 3.33. The Labute approximate surface area is 152 Å². The van der Waals surface area contributed by atoms with Gasteiger partial charge in [-0.05, 0) is 30.5 Å². The maximum absolute atomic E-state index is 14.0. The smallest absolute Gasteiger partial charge is 0.354 e. The predicted molar refractivity (Wildman–Crippen MR) is 92.1 cm³/mol. The van der Waals surface area contributed by atoms with Crippen LogP contribution in [0.1, 0.15) is 18.9 Å². The highest BCUT2D eigenvalue weighted by Crippen LogP contribution is 2.31.